The number of anilines is 1. The van der Waals surface area contributed by atoms with E-state index in [1.165, 1.54) is 24.2 Å². The largest absolute Gasteiger partial charge is 0.371 e. The summed E-state index contributed by atoms with van der Waals surface area (Å²) < 4.78 is 0. The Balaban J connectivity index is 2.23. The van der Waals surface area contributed by atoms with Crippen LogP contribution in [0.2, 0.25) is 0 Å². The summed E-state index contributed by atoms with van der Waals surface area (Å²) in [7, 11) is 0. The highest BCUT2D eigenvalue weighted by atomic mass is 15.1. The number of benzene rings is 1. The predicted molar refractivity (Wildman–Crippen MR) is 65.4 cm³/mol. The third kappa shape index (κ3) is 2.00. The fourth-order valence-corrected chi connectivity index (χ4v) is 2.43. The van der Waals surface area contributed by atoms with Crippen LogP contribution in [0.3, 0.4) is 0 Å². The number of aryl methyl sites for hydroxylation is 1. The van der Waals surface area contributed by atoms with Crippen molar-refractivity contribution in [2.45, 2.75) is 26.2 Å². The van der Waals surface area contributed by atoms with Crippen molar-refractivity contribution < 1.29 is 0 Å². The van der Waals surface area contributed by atoms with Crippen LogP contribution in [0, 0.1) is 0 Å². The van der Waals surface area contributed by atoms with E-state index in [9.17, 15) is 0 Å². The summed E-state index contributed by atoms with van der Waals surface area (Å²) >= 11 is 0. The molecule has 0 fully saturated rings. The van der Waals surface area contributed by atoms with E-state index < -0.39 is 0 Å². The van der Waals surface area contributed by atoms with Crippen LogP contribution < -0.4 is 10.6 Å². The summed E-state index contributed by atoms with van der Waals surface area (Å²) in [6.45, 7) is 5.32. The lowest BCUT2D eigenvalue weighted by Crippen LogP contribution is -2.18. The monoisotopic (exact) mass is 204 g/mol. The molecule has 82 valence electrons. The Labute approximate surface area is 92.1 Å². The third-order valence-corrected chi connectivity index (χ3v) is 3.25. The Bertz CT molecular complexity index is 333. The highest BCUT2D eigenvalue weighted by Crippen LogP contribution is 2.30. The summed E-state index contributed by atoms with van der Waals surface area (Å²) in [5.41, 5.74) is 10.1. The molecule has 0 atom stereocenters. The molecule has 2 heteroatoms. The lowest BCUT2D eigenvalue weighted by molar-refractivity contribution is 0.822. The summed E-state index contributed by atoms with van der Waals surface area (Å²) in [5.74, 6) is 0. The second-order valence-corrected chi connectivity index (χ2v) is 4.14. The zero-order valence-electron chi connectivity index (χ0n) is 9.50. The topological polar surface area (TPSA) is 29.3 Å². The average Bonchev–Trinajstić information content (AvgIpc) is 2.69. The maximum atomic E-state index is 5.56. The second-order valence-electron chi connectivity index (χ2n) is 4.14. The molecular weight excluding hydrogens is 184 g/mol. The molecule has 0 aliphatic carbocycles. The lowest BCUT2D eigenvalue weighted by Gasteiger charge is -2.17. The van der Waals surface area contributed by atoms with Crippen molar-refractivity contribution in [3.8, 4) is 0 Å². The van der Waals surface area contributed by atoms with Crippen molar-refractivity contribution in [2.75, 3.05) is 24.5 Å². The van der Waals surface area contributed by atoms with Crippen LogP contribution in [0.25, 0.3) is 0 Å². The number of nitrogens with two attached hydrogens (primary N) is 1. The number of nitrogens with zero attached hydrogens (tertiary/aromatic N) is 1. The first-order chi connectivity index (χ1) is 7.36. The zero-order chi connectivity index (χ0) is 10.7. The van der Waals surface area contributed by atoms with Crippen LogP contribution in [0.15, 0.2) is 18.2 Å². The average molecular weight is 204 g/mol. The first-order valence-corrected chi connectivity index (χ1v) is 5.92. The lowest BCUT2D eigenvalue weighted by atomic mass is 10.0. The molecule has 0 aromatic heterocycles. The van der Waals surface area contributed by atoms with E-state index in [1.807, 2.05) is 0 Å². The number of hydrogen-bond donors (Lipinski definition) is 1. The van der Waals surface area contributed by atoms with E-state index in [0.29, 0.717) is 0 Å². The highest BCUT2D eigenvalue weighted by Gasteiger charge is 2.19. The number of likely N-dealkylation sites (N-methyl/N-ethyl adjacent to an activating group) is 1. The van der Waals surface area contributed by atoms with Gasteiger partial charge in [0.1, 0.15) is 0 Å². The molecule has 2 nitrogen and oxygen atoms in total. The first kappa shape index (κ1) is 10.5. The quantitative estimate of drug-likeness (QED) is 0.812. The molecule has 0 radical (unpaired) electrons. The highest BCUT2D eigenvalue weighted by molar-refractivity contribution is 5.60. The molecular formula is C13H20N2. The molecule has 0 saturated heterocycles. The van der Waals surface area contributed by atoms with Gasteiger partial charge in [-0.15, -0.1) is 0 Å². The van der Waals surface area contributed by atoms with Crippen LogP contribution in [0.1, 0.15) is 24.5 Å². The number of hydrogen-bond acceptors (Lipinski definition) is 2. The van der Waals surface area contributed by atoms with E-state index in [2.05, 4.69) is 30.0 Å². The number of fused-ring (bicyclic) bond motifs is 1. The van der Waals surface area contributed by atoms with Gasteiger partial charge in [0.2, 0.25) is 0 Å². The molecule has 2 N–H and O–H groups in total. The first-order valence-electron chi connectivity index (χ1n) is 5.92. The van der Waals surface area contributed by atoms with Gasteiger partial charge < -0.3 is 10.6 Å². The molecule has 1 heterocycles. The minimum atomic E-state index is 0.793. The van der Waals surface area contributed by atoms with E-state index in [1.54, 1.807) is 5.56 Å². The molecule has 0 amide bonds. The predicted octanol–water partition coefficient (Wildman–Crippen LogP) is 1.96. The van der Waals surface area contributed by atoms with Crippen molar-refractivity contribution in [2.24, 2.45) is 5.73 Å². The summed E-state index contributed by atoms with van der Waals surface area (Å²) in [6, 6.07) is 6.68. The van der Waals surface area contributed by atoms with E-state index in [0.717, 1.165) is 25.9 Å². The van der Waals surface area contributed by atoms with Crippen molar-refractivity contribution in [3.63, 3.8) is 0 Å². The van der Waals surface area contributed by atoms with Crippen molar-refractivity contribution >= 4 is 5.69 Å². The van der Waals surface area contributed by atoms with Crippen LogP contribution in [0.4, 0.5) is 5.69 Å². The van der Waals surface area contributed by atoms with Gasteiger partial charge in [-0.25, -0.2) is 0 Å². The summed E-state index contributed by atoms with van der Waals surface area (Å²) in [4.78, 5) is 2.46. The third-order valence-electron chi connectivity index (χ3n) is 3.25. The van der Waals surface area contributed by atoms with Gasteiger partial charge in [0.25, 0.3) is 0 Å². The molecule has 0 bridgehead atoms. The van der Waals surface area contributed by atoms with Gasteiger partial charge in [0, 0.05) is 18.8 Å². The SMILES string of the molecule is CCN1CCc2c(CCCN)cccc21. The maximum Gasteiger partial charge on any atom is 0.0402 e. The normalized spacial score (nSPS) is 14.4. The van der Waals surface area contributed by atoms with Crippen LogP contribution in [-0.4, -0.2) is 19.6 Å². The number of rotatable bonds is 4. The van der Waals surface area contributed by atoms with Crippen LogP contribution >= 0.6 is 0 Å². The van der Waals surface area contributed by atoms with Crippen molar-refractivity contribution in [1.82, 2.24) is 0 Å². The van der Waals surface area contributed by atoms with Gasteiger partial charge in [-0.1, -0.05) is 12.1 Å². The Kier molecular flexibility index (Phi) is 3.27. The van der Waals surface area contributed by atoms with Gasteiger partial charge >= 0.3 is 0 Å². The molecule has 0 unspecified atom stereocenters. The van der Waals surface area contributed by atoms with E-state index in [4.69, 9.17) is 5.73 Å². The van der Waals surface area contributed by atoms with Gasteiger partial charge in [0.05, 0.1) is 0 Å². The van der Waals surface area contributed by atoms with Crippen LogP contribution in [-0.2, 0) is 12.8 Å². The molecule has 1 aliphatic rings. The molecule has 1 aliphatic heterocycles. The van der Waals surface area contributed by atoms with Gasteiger partial charge in [0.15, 0.2) is 0 Å². The molecule has 0 saturated carbocycles. The minimum absolute atomic E-state index is 0.793. The molecule has 2 rings (SSSR count). The molecule has 1 aromatic carbocycles. The standard InChI is InChI=1S/C13H20N2/c1-2-15-10-8-12-11(6-4-9-14)5-3-7-13(12)15/h3,5,7H,2,4,6,8-10,14H2,1H3. The maximum absolute atomic E-state index is 5.56. The van der Waals surface area contributed by atoms with Gasteiger partial charge in [-0.05, 0) is 49.9 Å². The Morgan fingerprint density at radius 2 is 2.27 bits per heavy atom. The Morgan fingerprint density at radius 3 is 3.00 bits per heavy atom. The van der Waals surface area contributed by atoms with Crippen molar-refractivity contribution in [3.05, 3.63) is 29.3 Å². The van der Waals surface area contributed by atoms with Gasteiger partial charge in [-0.3, -0.25) is 0 Å². The molecule has 15 heavy (non-hydrogen) atoms. The van der Waals surface area contributed by atoms with Crippen molar-refractivity contribution in [1.29, 1.82) is 0 Å². The van der Waals surface area contributed by atoms with E-state index in [-0.39, 0.29) is 0 Å². The Hall–Kier alpha value is -1.02. The fraction of sp³-hybridized carbons (Fsp3) is 0.538. The fourth-order valence-electron chi connectivity index (χ4n) is 2.43. The second kappa shape index (κ2) is 4.67. The smallest absolute Gasteiger partial charge is 0.0402 e. The summed E-state index contributed by atoms with van der Waals surface area (Å²) in [5, 5.41) is 0. The van der Waals surface area contributed by atoms with Gasteiger partial charge in [-0.2, -0.15) is 0 Å². The van der Waals surface area contributed by atoms with E-state index >= 15 is 0 Å². The Morgan fingerprint density at radius 1 is 1.40 bits per heavy atom. The van der Waals surface area contributed by atoms with Crippen LogP contribution in [0.5, 0.6) is 0 Å². The molecule has 1 aromatic rings. The zero-order valence-corrected chi connectivity index (χ0v) is 9.50. The minimum Gasteiger partial charge on any atom is -0.371 e. The molecule has 0 spiro atoms. The summed E-state index contributed by atoms with van der Waals surface area (Å²) in [6.07, 6.45) is 3.45.